The van der Waals surface area contributed by atoms with Crippen molar-refractivity contribution < 1.29 is 0 Å². The molecule has 0 aromatic carbocycles. The lowest BCUT2D eigenvalue weighted by Gasteiger charge is -2.10. The number of nitrogens with zero attached hydrogens (tertiary/aromatic N) is 1. The molecule has 0 aliphatic heterocycles. The van der Waals surface area contributed by atoms with Crippen LogP contribution in [0.1, 0.15) is 37.9 Å². The van der Waals surface area contributed by atoms with Crippen molar-refractivity contribution in [1.82, 2.24) is 4.98 Å². The van der Waals surface area contributed by atoms with Gasteiger partial charge in [0.25, 0.3) is 0 Å². The molecule has 0 saturated heterocycles. The highest BCUT2D eigenvalue weighted by atomic mass is 14.7. The van der Waals surface area contributed by atoms with E-state index >= 15 is 0 Å². The molecule has 0 aliphatic carbocycles. The van der Waals surface area contributed by atoms with Crippen LogP contribution >= 0.6 is 0 Å². The largest absolute Gasteiger partial charge is 0.397 e. The van der Waals surface area contributed by atoms with Crippen LogP contribution in [0.3, 0.4) is 0 Å². The number of hydrogen-bond donors (Lipinski definition) is 1. The molecule has 1 heterocycles. The Kier molecular flexibility index (Phi) is 2.69. The molecule has 66 valence electrons. The zero-order valence-corrected chi connectivity index (χ0v) is 7.96. The Bertz CT molecular complexity index is 267. The second-order valence-corrected chi connectivity index (χ2v) is 3.28. The summed E-state index contributed by atoms with van der Waals surface area (Å²) in [6.07, 6.45) is 2.82. The molecule has 0 aliphatic rings. The molecular weight excluding hydrogens is 148 g/mol. The van der Waals surface area contributed by atoms with Gasteiger partial charge < -0.3 is 5.73 Å². The average Bonchev–Trinajstić information content (AvgIpc) is 2.04. The molecule has 0 atom stereocenters. The molecule has 0 saturated carbocycles. The Morgan fingerprint density at radius 2 is 2.17 bits per heavy atom. The van der Waals surface area contributed by atoms with Gasteiger partial charge in [-0.15, -0.1) is 0 Å². The summed E-state index contributed by atoms with van der Waals surface area (Å²) in [6.45, 7) is 6.33. The predicted octanol–water partition coefficient (Wildman–Crippen LogP) is 2.35. The summed E-state index contributed by atoms with van der Waals surface area (Å²) in [5.41, 5.74) is 9.03. The molecule has 0 unspecified atom stereocenters. The standard InChI is InChI=1S/C10H16N2/c1-4-8-5-6-12-10(7(2)3)9(8)11/h5-7H,4,11H2,1-3H3. The molecule has 0 spiro atoms. The van der Waals surface area contributed by atoms with Gasteiger partial charge in [-0.2, -0.15) is 0 Å². The van der Waals surface area contributed by atoms with E-state index in [1.807, 2.05) is 12.3 Å². The van der Waals surface area contributed by atoms with E-state index in [1.165, 1.54) is 5.56 Å². The summed E-state index contributed by atoms with van der Waals surface area (Å²) in [5, 5.41) is 0. The highest BCUT2D eigenvalue weighted by Gasteiger charge is 2.07. The summed E-state index contributed by atoms with van der Waals surface area (Å²) >= 11 is 0. The van der Waals surface area contributed by atoms with Gasteiger partial charge in [-0.05, 0) is 24.0 Å². The van der Waals surface area contributed by atoms with Crippen LogP contribution in [0.4, 0.5) is 5.69 Å². The fraction of sp³-hybridized carbons (Fsp3) is 0.500. The number of rotatable bonds is 2. The fourth-order valence-corrected chi connectivity index (χ4v) is 1.30. The monoisotopic (exact) mass is 164 g/mol. The van der Waals surface area contributed by atoms with E-state index in [2.05, 4.69) is 25.8 Å². The van der Waals surface area contributed by atoms with Gasteiger partial charge in [0.1, 0.15) is 0 Å². The number of aromatic nitrogens is 1. The van der Waals surface area contributed by atoms with E-state index in [4.69, 9.17) is 5.73 Å². The van der Waals surface area contributed by atoms with Crippen molar-refractivity contribution in [2.75, 3.05) is 5.73 Å². The minimum atomic E-state index is 0.413. The number of anilines is 1. The first-order valence-corrected chi connectivity index (χ1v) is 4.40. The molecule has 12 heavy (non-hydrogen) atoms. The van der Waals surface area contributed by atoms with Gasteiger partial charge in [0.05, 0.1) is 11.4 Å². The van der Waals surface area contributed by atoms with Crippen LogP contribution in [0.15, 0.2) is 12.3 Å². The van der Waals surface area contributed by atoms with Crippen LogP contribution in [0, 0.1) is 0 Å². The highest BCUT2D eigenvalue weighted by Crippen LogP contribution is 2.22. The van der Waals surface area contributed by atoms with E-state index in [1.54, 1.807) is 0 Å². The summed E-state index contributed by atoms with van der Waals surface area (Å²) in [6, 6.07) is 1.99. The highest BCUT2D eigenvalue weighted by molar-refractivity contribution is 5.51. The third kappa shape index (κ3) is 1.58. The lowest BCUT2D eigenvalue weighted by Crippen LogP contribution is -2.03. The van der Waals surface area contributed by atoms with E-state index in [0.717, 1.165) is 17.8 Å². The molecule has 1 aromatic rings. The minimum absolute atomic E-state index is 0.413. The van der Waals surface area contributed by atoms with E-state index in [9.17, 15) is 0 Å². The van der Waals surface area contributed by atoms with Crippen molar-refractivity contribution in [3.8, 4) is 0 Å². The number of nitrogens with two attached hydrogens (primary N) is 1. The summed E-state index contributed by atoms with van der Waals surface area (Å²) in [4.78, 5) is 4.26. The zero-order chi connectivity index (χ0) is 9.14. The molecule has 2 nitrogen and oxygen atoms in total. The molecular formula is C10H16N2. The number of nitrogen functional groups attached to an aromatic ring is 1. The Labute approximate surface area is 73.8 Å². The lowest BCUT2D eigenvalue weighted by atomic mass is 10.0. The molecule has 0 amide bonds. The maximum absolute atomic E-state index is 5.93. The van der Waals surface area contributed by atoms with Crippen LogP contribution in [-0.4, -0.2) is 4.98 Å². The molecule has 2 N–H and O–H groups in total. The van der Waals surface area contributed by atoms with Crippen molar-refractivity contribution in [1.29, 1.82) is 0 Å². The van der Waals surface area contributed by atoms with Crippen LogP contribution in [0.2, 0.25) is 0 Å². The molecule has 0 radical (unpaired) electrons. The predicted molar refractivity (Wildman–Crippen MR) is 52.1 cm³/mol. The van der Waals surface area contributed by atoms with Gasteiger partial charge in [0, 0.05) is 6.20 Å². The van der Waals surface area contributed by atoms with Gasteiger partial charge in [-0.3, -0.25) is 4.98 Å². The van der Waals surface area contributed by atoms with Gasteiger partial charge in [0.15, 0.2) is 0 Å². The topological polar surface area (TPSA) is 38.9 Å². The van der Waals surface area contributed by atoms with Crippen molar-refractivity contribution in [2.24, 2.45) is 0 Å². The molecule has 0 fully saturated rings. The Balaban J connectivity index is 3.14. The summed E-state index contributed by atoms with van der Waals surface area (Å²) < 4.78 is 0. The number of aryl methyl sites for hydroxylation is 1. The first kappa shape index (κ1) is 9.04. The summed E-state index contributed by atoms with van der Waals surface area (Å²) in [5.74, 6) is 0.413. The van der Waals surface area contributed by atoms with E-state index in [0.29, 0.717) is 5.92 Å². The SMILES string of the molecule is CCc1ccnc(C(C)C)c1N. The quantitative estimate of drug-likeness (QED) is 0.728. The van der Waals surface area contributed by atoms with Crippen molar-refractivity contribution >= 4 is 5.69 Å². The van der Waals surface area contributed by atoms with Crippen molar-refractivity contribution in [2.45, 2.75) is 33.1 Å². The normalized spacial score (nSPS) is 10.7. The fourth-order valence-electron chi connectivity index (χ4n) is 1.30. The molecule has 0 bridgehead atoms. The van der Waals surface area contributed by atoms with Gasteiger partial charge in [0.2, 0.25) is 0 Å². The van der Waals surface area contributed by atoms with E-state index < -0.39 is 0 Å². The molecule has 2 heteroatoms. The lowest BCUT2D eigenvalue weighted by molar-refractivity contribution is 0.822. The average molecular weight is 164 g/mol. The maximum atomic E-state index is 5.93. The van der Waals surface area contributed by atoms with Crippen LogP contribution in [0.5, 0.6) is 0 Å². The second-order valence-electron chi connectivity index (χ2n) is 3.28. The third-order valence-electron chi connectivity index (χ3n) is 2.04. The molecule has 1 rings (SSSR count). The molecule has 1 aromatic heterocycles. The number of pyridine rings is 1. The summed E-state index contributed by atoms with van der Waals surface area (Å²) in [7, 11) is 0. The van der Waals surface area contributed by atoms with Gasteiger partial charge in [-0.25, -0.2) is 0 Å². The van der Waals surface area contributed by atoms with Crippen LogP contribution in [-0.2, 0) is 6.42 Å². The smallest absolute Gasteiger partial charge is 0.0660 e. The first-order valence-electron chi connectivity index (χ1n) is 4.40. The minimum Gasteiger partial charge on any atom is -0.397 e. The van der Waals surface area contributed by atoms with Crippen LogP contribution < -0.4 is 5.73 Å². The van der Waals surface area contributed by atoms with Gasteiger partial charge >= 0.3 is 0 Å². The van der Waals surface area contributed by atoms with E-state index in [-0.39, 0.29) is 0 Å². The number of hydrogen-bond acceptors (Lipinski definition) is 2. The Hall–Kier alpha value is -1.05. The Morgan fingerprint density at radius 3 is 2.67 bits per heavy atom. The Morgan fingerprint density at radius 1 is 1.50 bits per heavy atom. The van der Waals surface area contributed by atoms with Crippen LogP contribution in [0.25, 0.3) is 0 Å². The zero-order valence-electron chi connectivity index (χ0n) is 7.96. The van der Waals surface area contributed by atoms with Crippen molar-refractivity contribution in [3.05, 3.63) is 23.5 Å². The second kappa shape index (κ2) is 3.57. The van der Waals surface area contributed by atoms with Gasteiger partial charge in [-0.1, -0.05) is 20.8 Å². The first-order chi connectivity index (χ1) is 5.66. The third-order valence-corrected chi connectivity index (χ3v) is 2.04. The maximum Gasteiger partial charge on any atom is 0.0660 e. The van der Waals surface area contributed by atoms with Crippen molar-refractivity contribution in [3.63, 3.8) is 0 Å².